The molecule has 1 aliphatic rings. The summed E-state index contributed by atoms with van der Waals surface area (Å²) in [7, 11) is 1.96. The van der Waals surface area contributed by atoms with Gasteiger partial charge < -0.3 is 5.32 Å². The number of nitrogens with one attached hydrogen (secondary N) is 1. The third-order valence-electron chi connectivity index (χ3n) is 4.41. The molecule has 1 heterocycles. The Kier molecular flexibility index (Phi) is 5.11. The lowest BCUT2D eigenvalue weighted by Gasteiger charge is -2.36. The maximum Gasteiger partial charge on any atom is 0.285 e. The van der Waals surface area contributed by atoms with Gasteiger partial charge in [0.1, 0.15) is 0 Å². The van der Waals surface area contributed by atoms with Gasteiger partial charge in [-0.25, -0.2) is 0 Å². The summed E-state index contributed by atoms with van der Waals surface area (Å²) in [6.45, 7) is 3.52. The highest BCUT2D eigenvalue weighted by molar-refractivity contribution is 5.20. The fourth-order valence-electron chi connectivity index (χ4n) is 2.90. The number of alkyl halides is 2. The first-order chi connectivity index (χ1) is 9.53. The summed E-state index contributed by atoms with van der Waals surface area (Å²) in [4.78, 5) is 1.89. The molecular formula is C16H24F2N2. The highest BCUT2D eigenvalue weighted by Gasteiger charge is 2.35. The summed E-state index contributed by atoms with van der Waals surface area (Å²) in [5, 5.41) is 3.26. The van der Waals surface area contributed by atoms with Crippen LogP contribution in [0.15, 0.2) is 30.3 Å². The van der Waals surface area contributed by atoms with E-state index in [0.29, 0.717) is 12.0 Å². The molecule has 2 nitrogen and oxygen atoms in total. The third kappa shape index (κ3) is 3.76. The average molecular weight is 282 g/mol. The van der Waals surface area contributed by atoms with E-state index < -0.39 is 5.92 Å². The predicted molar refractivity (Wildman–Crippen MR) is 78.0 cm³/mol. The molecule has 1 fully saturated rings. The van der Waals surface area contributed by atoms with Crippen LogP contribution in [0.1, 0.15) is 25.3 Å². The standard InChI is InChI=1S/C16H24F2N2/c1-13(19-2)14-8-10-20(11-9-14)12-16(17,18)15-6-4-3-5-7-15/h3-7,13-14,19H,8-12H2,1-2H3. The SMILES string of the molecule is CNC(C)C1CCN(CC(F)(F)c2ccccc2)CC1. The molecule has 0 radical (unpaired) electrons. The number of likely N-dealkylation sites (tertiary alicyclic amines) is 1. The Hall–Kier alpha value is -1.00. The van der Waals surface area contributed by atoms with E-state index in [1.165, 1.54) is 12.1 Å². The second-order valence-electron chi connectivity index (χ2n) is 5.76. The Morgan fingerprint density at radius 2 is 1.85 bits per heavy atom. The van der Waals surface area contributed by atoms with Crippen LogP contribution in [0.5, 0.6) is 0 Å². The first-order valence-corrected chi connectivity index (χ1v) is 7.36. The van der Waals surface area contributed by atoms with Crippen LogP contribution in [0.2, 0.25) is 0 Å². The minimum atomic E-state index is -2.76. The minimum Gasteiger partial charge on any atom is -0.317 e. The lowest BCUT2D eigenvalue weighted by Crippen LogP contribution is -2.44. The van der Waals surface area contributed by atoms with Gasteiger partial charge in [-0.15, -0.1) is 0 Å². The van der Waals surface area contributed by atoms with Crippen molar-refractivity contribution in [3.05, 3.63) is 35.9 Å². The largest absolute Gasteiger partial charge is 0.317 e. The molecule has 20 heavy (non-hydrogen) atoms. The van der Waals surface area contributed by atoms with Crippen LogP contribution in [-0.2, 0) is 5.92 Å². The average Bonchev–Trinajstić information content (AvgIpc) is 2.48. The van der Waals surface area contributed by atoms with E-state index in [2.05, 4.69) is 12.2 Å². The van der Waals surface area contributed by atoms with Gasteiger partial charge in [-0.3, -0.25) is 4.90 Å². The zero-order chi connectivity index (χ0) is 14.6. The van der Waals surface area contributed by atoms with Crippen molar-refractivity contribution in [2.75, 3.05) is 26.7 Å². The van der Waals surface area contributed by atoms with Crippen LogP contribution >= 0.6 is 0 Å². The molecule has 1 unspecified atom stereocenters. The Balaban J connectivity index is 1.89. The van der Waals surface area contributed by atoms with Crippen molar-refractivity contribution >= 4 is 0 Å². The van der Waals surface area contributed by atoms with Gasteiger partial charge >= 0.3 is 0 Å². The van der Waals surface area contributed by atoms with Gasteiger partial charge in [0, 0.05) is 11.6 Å². The first kappa shape index (κ1) is 15.4. The van der Waals surface area contributed by atoms with Gasteiger partial charge in [0.25, 0.3) is 5.92 Å². The minimum absolute atomic E-state index is 0.116. The molecule has 1 aromatic rings. The monoisotopic (exact) mass is 282 g/mol. The van der Waals surface area contributed by atoms with Crippen molar-refractivity contribution in [3.63, 3.8) is 0 Å². The van der Waals surface area contributed by atoms with E-state index in [1.54, 1.807) is 18.2 Å². The molecule has 0 bridgehead atoms. The molecule has 1 aromatic carbocycles. The van der Waals surface area contributed by atoms with E-state index in [-0.39, 0.29) is 12.1 Å². The number of halogens is 2. The molecule has 1 aliphatic heterocycles. The Morgan fingerprint density at radius 3 is 2.40 bits per heavy atom. The van der Waals surface area contributed by atoms with E-state index in [0.717, 1.165) is 25.9 Å². The Bertz CT molecular complexity index is 400. The van der Waals surface area contributed by atoms with Crippen molar-refractivity contribution in [3.8, 4) is 0 Å². The van der Waals surface area contributed by atoms with Crippen LogP contribution in [0, 0.1) is 5.92 Å². The fourth-order valence-corrected chi connectivity index (χ4v) is 2.90. The summed E-state index contributed by atoms with van der Waals surface area (Å²) in [5.74, 6) is -2.16. The highest BCUT2D eigenvalue weighted by Crippen LogP contribution is 2.30. The second kappa shape index (κ2) is 6.64. The van der Waals surface area contributed by atoms with Crippen LogP contribution in [0.3, 0.4) is 0 Å². The van der Waals surface area contributed by atoms with E-state index in [4.69, 9.17) is 0 Å². The molecule has 1 N–H and O–H groups in total. The lowest BCUT2D eigenvalue weighted by molar-refractivity contribution is -0.0453. The van der Waals surface area contributed by atoms with E-state index >= 15 is 0 Å². The Morgan fingerprint density at radius 1 is 1.25 bits per heavy atom. The lowest BCUT2D eigenvalue weighted by atomic mass is 9.90. The molecule has 0 amide bonds. The van der Waals surface area contributed by atoms with Gasteiger partial charge in [-0.2, -0.15) is 8.78 Å². The van der Waals surface area contributed by atoms with Gasteiger partial charge in [0.05, 0.1) is 6.54 Å². The molecule has 0 saturated carbocycles. The van der Waals surface area contributed by atoms with Crippen LogP contribution in [0.25, 0.3) is 0 Å². The van der Waals surface area contributed by atoms with Crippen molar-refractivity contribution < 1.29 is 8.78 Å². The van der Waals surface area contributed by atoms with Crippen molar-refractivity contribution in [2.24, 2.45) is 5.92 Å². The predicted octanol–water partition coefficient (Wildman–Crippen LogP) is 3.10. The van der Waals surface area contributed by atoms with Crippen LogP contribution in [0.4, 0.5) is 8.78 Å². The summed E-state index contributed by atoms with van der Waals surface area (Å²) in [5.41, 5.74) is 0.116. The topological polar surface area (TPSA) is 15.3 Å². The fraction of sp³-hybridized carbons (Fsp3) is 0.625. The quantitative estimate of drug-likeness (QED) is 0.893. The maximum absolute atomic E-state index is 14.2. The second-order valence-corrected chi connectivity index (χ2v) is 5.76. The smallest absolute Gasteiger partial charge is 0.285 e. The number of piperidine rings is 1. The maximum atomic E-state index is 14.2. The zero-order valence-corrected chi connectivity index (χ0v) is 12.3. The third-order valence-corrected chi connectivity index (χ3v) is 4.41. The van der Waals surface area contributed by atoms with Gasteiger partial charge in [-0.1, -0.05) is 30.3 Å². The summed E-state index contributed by atoms with van der Waals surface area (Å²) < 4.78 is 28.4. The molecule has 112 valence electrons. The number of hydrogen-bond acceptors (Lipinski definition) is 2. The normalized spacial score (nSPS) is 20.0. The van der Waals surface area contributed by atoms with Crippen molar-refractivity contribution in [2.45, 2.75) is 31.7 Å². The van der Waals surface area contributed by atoms with Gasteiger partial charge in [0.15, 0.2) is 0 Å². The van der Waals surface area contributed by atoms with Crippen molar-refractivity contribution in [1.82, 2.24) is 10.2 Å². The highest BCUT2D eigenvalue weighted by atomic mass is 19.3. The van der Waals surface area contributed by atoms with Crippen LogP contribution in [-0.4, -0.2) is 37.6 Å². The number of hydrogen-bond donors (Lipinski definition) is 1. The number of benzene rings is 1. The number of nitrogens with zero attached hydrogens (tertiary/aromatic N) is 1. The van der Waals surface area contributed by atoms with Crippen molar-refractivity contribution in [1.29, 1.82) is 0 Å². The molecule has 0 aliphatic carbocycles. The van der Waals surface area contributed by atoms with E-state index in [1.807, 2.05) is 11.9 Å². The summed E-state index contributed by atoms with van der Waals surface area (Å²) in [6.07, 6.45) is 1.99. The Labute approximate surface area is 120 Å². The number of rotatable bonds is 5. The van der Waals surface area contributed by atoms with E-state index in [9.17, 15) is 8.78 Å². The summed E-state index contributed by atoms with van der Waals surface area (Å²) in [6, 6.07) is 8.59. The molecule has 2 rings (SSSR count). The zero-order valence-electron chi connectivity index (χ0n) is 12.3. The molecule has 1 atom stereocenters. The van der Waals surface area contributed by atoms with Gasteiger partial charge in [-0.05, 0) is 45.8 Å². The van der Waals surface area contributed by atoms with Gasteiger partial charge in [0.2, 0.25) is 0 Å². The first-order valence-electron chi connectivity index (χ1n) is 7.36. The molecule has 1 saturated heterocycles. The molecule has 4 heteroatoms. The summed E-state index contributed by atoms with van der Waals surface area (Å²) >= 11 is 0. The van der Waals surface area contributed by atoms with Crippen LogP contribution < -0.4 is 5.32 Å². The molecular weight excluding hydrogens is 258 g/mol. The molecule has 0 aromatic heterocycles. The molecule has 0 spiro atoms.